The van der Waals surface area contributed by atoms with E-state index >= 15 is 0 Å². The van der Waals surface area contributed by atoms with Crippen molar-refractivity contribution in [2.24, 2.45) is 0 Å². The van der Waals surface area contributed by atoms with E-state index in [4.69, 9.17) is 4.42 Å². The summed E-state index contributed by atoms with van der Waals surface area (Å²) in [5.41, 5.74) is 1.98. The van der Waals surface area contributed by atoms with Crippen molar-refractivity contribution in [2.45, 2.75) is 12.6 Å². The minimum Gasteiger partial charge on any atom is -0.472 e. The molecule has 0 bridgehead atoms. The van der Waals surface area contributed by atoms with Crippen molar-refractivity contribution in [1.29, 1.82) is 0 Å². The second kappa shape index (κ2) is 6.27. The van der Waals surface area contributed by atoms with E-state index in [-0.39, 0.29) is 11.9 Å². The van der Waals surface area contributed by atoms with E-state index in [2.05, 4.69) is 20.6 Å². The Bertz CT molecular complexity index is 780. The molecular formula is C16H15N3O2S2. The van der Waals surface area contributed by atoms with Crippen LogP contribution >= 0.6 is 22.7 Å². The van der Waals surface area contributed by atoms with Gasteiger partial charge < -0.3 is 9.73 Å². The lowest BCUT2D eigenvalue weighted by Crippen LogP contribution is -2.49. The van der Waals surface area contributed by atoms with Crippen LogP contribution in [0.1, 0.15) is 16.6 Å². The Balaban J connectivity index is 1.56. The van der Waals surface area contributed by atoms with Crippen LogP contribution in [0.2, 0.25) is 0 Å². The zero-order chi connectivity index (χ0) is 15.6. The van der Waals surface area contributed by atoms with Gasteiger partial charge in [-0.2, -0.15) is 0 Å². The van der Waals surface area contributed by atoms with Crippen molar-refractivity contribution >= 4 is 28.6 Å². The second-order valence-electron chi connectivity index (χ2n) is 5.34. The molecule has 4 rings (SSSR count). The van der Waals surface area contributed by atoms with Crippen LogP contribution < -0.4 is 5.32 Å². The monoisotopic (exact) mass is 345 g/mol. The Kier molecular flexibility index (Phi) is 3.99. The lowest BCUT2D eigenvalue weighted by Gasteiger charge is -2.33. The van der Waals surface area contributed by atoms with E-state index in [0.29, 0.717) is 13.1 Å². The van der Waals surface area contributed by atoms with E-state index in [9.17, 15) is 4.79 Å². The Labute approximate surface area is 141 Å². The predicted molar refractivity (Wildman–Crippen MR) is 90.3 cm³/mol. The fraction of sp³-hybridized carbons (Fsp3) is 0.250. The molecule has 0 saturated carbocycles. The maximum absolute atomic E-state index is 12.3. The van der Waals surface area contributed by atoms with Crippen molar-refractivity contribution in [3.8, 4) is 10.6 Å². The van der Waals surface area contributed by atoms with Crippen LogP contribution in [0.25, 0.3) is 10.6 Å². The number of nitrogens with one attached hydrogen (secondary N) is 1. The van der Waals surface area contributed by atoms with Gasteiger partial charge in [0.15, 0.2) is 0 Å². The van der Waals surface area contributed by atoms with Crippen molar-refractivity contribution < 1.29 is 9.21 Å². The highest BCUT2D eigenvalue weighted by Crippen LogP contribution is 2.30. The number of hydrogen-bond acceptors (Lipinski definition) is 6. The van der Waals surface area contributed by atoms with Crippen molar-refractivity contribution in [1.82, 2.24) is 15.2 Å². The number of aromatic nitrogens is 1. The molecule has 7 heteroatoms. The highest BCUT2D eigenvalue weighted by Gasteiger charge is 2.32. The van der Waals surface area contributed by atoms with Crippen LogP contribution in [0, 0.1) is 0 Å². The van der Waals surface area contributed by atoms with Gasteiger partial charge in [-0.25, -0.2) is 4.98 Å². The Hall–Kier alpha value is -1.96. The standard InChI is InChI=1S/C16H15N3O2S2/c20-15-14(13-2-1-7-22-13)19(5-4-17-15)8-12-10-23-16(18-12)11-3-6-21-9-11/h1-3,6-7,9-10,14H,4-5,8H2,(H,17,20)/t14-/m0/s1. The number of thiazole rings is 1. The number of amides is 1. The quantitative estimate of drug-likeness (QED) is 0.789. The number of furan rings is 1. The molecule has 1 aliphatic rings. The molecule has 0 spiro atoms. The summed E-state index contributed by atoms with van der Waals surface area (Å²) >= 11 is 3.22. The minimum atomic E-state index is -0.220. The van der Waals surface area contributed by atoms with Gasteiger partial charge >= 0.3 is 0 Å². The third-order valence-electron chi connectivity index (χ3n) is 3.81. The molecule has 3 aromatic heterocycles. The summed E-state index contributed by atoms with van der Waals surface area (Å²) in [4.78, 5) is 20.3. The molecular weight excluding hydrogens is 330 g/mol. The van der Waals surface area contributed by atoms with Crippen LogP contribution in [0.3, 0.4) is 0 Å². The first-order valence-electron chi connectivity index (χ1n) is 7.33. The van der Waals surface area contributed by atoms with Gasteiger partial charge in [0.25, 0.3) is 0 Å². The third kappa shape index (κ3) is 2.95. The minimum absolute atomic E-state index is 0.0731. The average Bonchev–Trinajstić information content (AvgIpc) is 3.30. The lowest BCUT2D eigenvalue weighted by atomic mass is 10.1. The molecule has 1 atom stereocenters. The number of carbonyl (C=O) groups excluding carboxylic acids is 1. The summed E-state index contributed by atoms with van der Waals surface area (Å²) < 4.78 is 5.11. The molecule has 4 heterocycles. The Morgan fingerprint density at radius 3 is 3.13 bits per heavy atom. The first kappa shape index (κ1) is 14.6. The number of thiophene rings is 1. The van der Waals surface area contributed by atoms with E-state index in [1.165, 1.54) is 0 Å². The van der Waals surface area contributed by atoms with Gasteiger partial charge in [0, 0.05) is 35.5 Å². The molecule has 0 aromatic carbocycles. The molecule has 1 N–H and O–H groups in total. The smallest absolute Gasteiger partial charge is 0.242 e. The molecule has 1 saturated heterocycles. The number of carbonyl (C=O) groups is 1. The number of nitrogens with zero attached hydrogens (tertiary/aromatic N) is 2. The molecule has 1 fully saturated rings. The molecule has 118 valence electrons. The summed E-state index contributed by atoms with van der Waals surface area (Å²) in [5.74, 6) is 0.0731. The summed E-state index contributed by atoms with van der Waals surface area (Å²) in [6.07, 6.45) is 3.35. The molecule has 1 amide bonds. The van der Waals surface area contributed by atoms with Gasteiger partial charge in [-0.15, -0.1) is 22.7 Å². The van der Waals surface area contributed by atoms with E-state index in [1.807, 2.05) is 23.6 Å². The highest BCUT2D eigenvalue weighted by molar-refractivity contribution is 7.13. The topological polar surface area (TPSA) is 58.4 Å². The SMILES string of the molecule is O=C1NCCN(Cc2csc(-c3ccoc3)n2)[C@H]1c1cccs1. The van der Waals surface area contributed by atoms with E-state index in [1.54, 1.807) is 35.2 Å². The molecule has 0 unspecified atom stereocenters. The van der Waals surface area contributed by atoms with Gasteiger partial charge in [-0.3, -0.25) is 9.69 Å². The predicted octanol–water partition coefficient (Wildman–Crippen LogP) is 3.14. The van der Waals surface area contributed by atoms with Gasteiger partial charge in [0.2, 0.25) is 5.91 Å². The van der Waals surface area contributed by atoms with Crippen LogP contribution in [0.5, 0.6) is 0 Å². The number of rotatable bonds is 4. The largest absolute Gasteiger partial charge is 0.472 e. The Morgan fingerprint density at radius 1 is 1.39 bits per heavy atom. The molecule has 23 heavy (non-hydrogen) atoms. The van der Waals surface area contributed by atoms with E-state index < -0.39 is 0 Å². The van der Waals surface area contributed by atoms with Crippen molar-refractivity contribution in [3.05, 3.63) is 52.1 Å². The summed E-state index contributed by atoms with van der Waals surface area (Å²) in [5, 5.41) is 7.97. The summed E-state index contributed by atoms with van der Waals surface area (Å²) in [6.45, 7) is 2.18. The molecule has 1 aliphatic heterocycles. The van der Waals surface area contributed by atoms with Crippen molar-refractivity contribution in [2.75, 3.05) is 13.1 Å². The number of hydrogen-bond donors (Lipinski definition) is 1. The zero-order valence-corrected chi connectivity index (χ0v) is 13.9. The summed E-state index contributed by atoms with van der Waals surface area (Å²) in [7, 11) is 0. The molecule has 0 radical (unpaired) electrons. The van der Waals surface area contributed by atoms with Crippen molar-refractivity contribution in [3.63, 3.8) is 0 Å². The first-order chi connectivity index (χ1) is 11.3. The van der Waals surface area contributed by atoms with Gasteiger partial charge in [-0.1, -0.05) is 6.07 Å². The van der Waals surface area contributed by atoms with Gasteiger partial charge in [-0.05, 0) is 17.5 Å². The molecule has 5 nitrogen and oxygen atoms in total. The maximum atomic E-state index is 12.3. The fourth-order valence-corrected chi connectivity index (χ4v) is 4.40. The van der Waals surface area contributed by atoms with Crippen LogP contribution in [0.4, 0.5) is 0 Å². The van der Waals surface area contributed by atoms with Gasteiger partial charge in [0.1, 0.15) is 17.3 Å². The third-order valence-corrected chi connectivity index (χ3v) is 5.67. The first-order valence-corrected chi connectivity index (χ1v) is 9.09. The highest BCUT2D eigenvalue weighted by atomic mass is 32.1. The van der Waals surface area contributed by atoms with Crippen LogP contribution in [-0.2, 0) is 11.3 Å². The lowest BCUT2D eigenvalue weighted by molar-refractivity contribution is -0.129. The second-order valence-corrected chi connectivity index (χ2v) is 7.17. The fourth-order valence-electron chi connectivity index (χ4n) is 2.75. The maximum Gasteiger partial charge on any atom is 0.242 e. The van der Waals surface area contributed by atoms with E-state index in [0.717, 1.165) is 27.7 Å². The molecule has 3 aromatic rings. The van der Waals surface area contributed by atoms with Gasteiger partial charge in [0.05, 0.1) is 12.0 Å². The van der Waals surface area contributed by atoms with Crippen LogP contribution in [-0.4, -0.2) is 28.9 Å². The normalized spacial score (nSPS) is 19.0. The zero-order valence-electron chi connectivity index (χ0n) is 12.3. The number of piperazine rings is 1. The average molecular weight is 345 g/mol. The molecule has 0 aliphatic carbocycles. The Morgan fingerprint density at radius 2 is 2.35 bits per heavy atom. The van der Waals surface area contributed by atoms with Crippen LogP contribution in [0.15, 0.2) is 45.9 Å². The summed E-state index contributed by atoms with van der Waals surface area (Å²) in [6, 6.07) is 5.69.